The minimum Gasteiger partial charge on any atom is -0.451 e. The Bertz CT molecular complexity index is 900. The van der Waals surface area contributed by atoms with Crippen LogP contribution in [0, 0.1) is 13.8 Å². The van der Waals surface area contributed by atoms with Gasteiger partial charge in [-0.05, 0) is 44.0 Å². The number of primary amides is 1. The molecule has 10 nitrogen and oxygen atoms in total. The number of β-amino-alcohol motifs (C(OH)–C–C–N with tert-alkyl or cyclic N) is 1. The van der Waals surface area contributed by atoms with Gasteiger partial charge in [0, 0.05) is 13.0 Å². The first-order valence-corrected chi connectivity index (χ1v) is 9.95. The third-order valence-corrected chi connectivity index (χ3v) is 6.37. The largest absolute Gasteiger partial charge is 0.451 e. The van der Waals surface area contributed by atoms with Crippen LogP contribution in [-0.2, 0) is 24.3 Å². The lowest BCUT2D eigenvalue weighted by Gasteiger charge is -2.24. The van der Waals surface area contributed by atoms with Gasteiger partial charge in [-0.25, -0.2) is 13.2 Å². The number of hydrogen-bond acceptors (Lipinski definition) is 7. The van der Waals surface area contributed by atoms with Gasteiger partial charge in [-0.3, -0.25) is 14.9 Å². The normalized spacial score (nSPS) is 21.1. The molecule has 1 aromatic rings. The first-order chi connectivity index (χ1) is 12.9. The number of carbonyl (C=O) groups is 3. The zero-order valence-electron chi connectivity index (χ0n) is 15.7. The number of rotatable bonds is 5. The zero-order valence-corrected chi connectivity index (χ0v) is 16.5. The van der Waals surface area contributed by atoms with E-state index in [1.165, 1.54) is 19.1 Å². The van der Waals surface area contributed by atoms with Crippen LogP contribution in [0.2, 0.25) is 0 Å². The lowest BCUT2D eigenvalue weighted by Crippen LogP contribution is -2.46. The van der Waals surface area contributed by atoms with Gasteiger partial charge in [-0.2, -0.15) is 4.31 Å². The van der Waals surface area contributed by atoms with E-state index in [1.807, 2.05) is 6.92 Å². The number of nitrogens with zero attached hydrogens (tertiary/aromatic N) is 1. The van der Waals surface area contributed by atoms with Crippen molar-refractivity contribution in [1.82, 2.24) is 9.62 Å². The molecule has 1 fully saturated rings. The van der Waals surface area contributed by atoms with E-state index in [-0.39, 0.29) is 17.9 Å². The van der Waals surface area contributed by atoms with Crippen molar-refractivity contribution >= 4 is 27.9 Å². The first-order valence-electron chi connectivity index (χ1n) is 8.51. The van der Waals surface area contributed by atoms with Crippen molar-refractivity contribution < 1.29 is 32.6 Å². The summed E-state index contributed by atoms with van der Waals surface area (Å²) in [5.41, 5.74) is 6.51. The molecule has 154 valence electrons. The number of aliphatic hydroxyl groups excluding tert-OH is 1. The lowest BCUT2D eigenvalue weighted by atomic mass is 10.1. The molecule has 1 aromatic carbocycles. The van der Waals surface area contributed by atoms with E-state index < -0.39 is 46.2 Å². The lowest BCUT2D eigenvalue weighted by molar-refractivity contribution is -0.157. The molecular formula is C17H23N3O7S. The number of imide groups is 1. The molecule has 1 heterocycles. The molecule has 1 saturated heterocycles. The fourth-order valence-electron chi connectivity index (χ4n) is 2.80. The maximum Gasteiger partial charge on any atom is 0.325 e. The fraction of sp³-hybridized carbons (Fsp3) is 0.471. The standard InChI is InChI=1S/C17H23N3O7S/c1-9-4-5-13(6-10(9)2)28(25,26)20-8-12(21)7-14(20)16(23)27-11(3)15(22)19-17(18)24/h4-6,11-12,14,21H,7-8H2,1-3H3,(H3,18,19,22,24). The van der Waals surface area contributed by atoms with E-state index in [0.717, 1.165) is 15.4 Å². The summed E-state index contributed by atoms with van der Waals surface area (Å²) in [5, 5.41) is 11.7. The molecule has 0 radical (unpaired) electrons. The fourth-order valence-corrected chi connectivity index (χ4v) is 4.52. The van der Waals surface area contributed by atoms with Crippen molar-refractivity contribution in [2.24, 2.45) is 5.73 Å². The van der Waals surface area contributed by atoms with Crippen molar-refractivity contribution in [2.75, 3.05) is 6.54 Å². The number of benzene rings is 1. The van der Waals surface area contributed by atoms with Crippen molar-refractivity contribution in [3.8, 4) is 0 Å². The molecule has 0 spiro atoms. The molecule has 3 atom stereocenters. The Morgan fingerprint density at radius 3 is 2.50 bits per heavy atom. The molecule has 1 aliphatic rings. The Balaban J connectivity index is 2.24. The molecule has 1 aliphatic heterocycles. The number of aliphatic hydroxyl groups is 1. The monoisotopic (exact) mass is 413 g/mol. The molecular weight excluding hydrogens is 390 g/mol. The minimum atomic E-state index is -4.08. The molecule has 0 aliphatic carbocycles. The third-order valence-electron chi connectivity index (χ3n) is 4.50. The number of hydrogen-bond donors (Lipinski definition) is 3. The van der Waals surface area contributed by atoms with E-state index >= 15 is 0 Å². The van der Waals surface area contributed by atoms with Gasteiger partial charge in [0.15, 0.2) is 6.10 Å². The second-order valence-corrected chi connectivity index (χ2v) is 8.55. The van der Waals surface area contributed by atoms with Gasteiger partial charge in [0.2, 0.25) is 10.0 Å². The maximum atomic E-state index is 13.0. The SMILES string of the molecule is Cc1ccc(S(=O)(=O)N2CC(O)CC2C(=O)OC(C)C(=O)NC(N)=O)cc1C. The number of esters is 1. The predicted octanol–water partition coefficient (Wildman–Crippen LogP) is -0.446. The number of urea groups is 1. The van der Waals surface area contributed by atoms with Gasteiger partial charge < -0.3 is 15.6 Å². The van der Waals surface area contributed by atoms with Gasteiger partial charge in [-0.15, -0.1) is 0 Å². The second kappa shape index (κ2) is 8.25. The van der Waals surface area contributed by atoms with Crippen LogP contribution in [0.1, 0.15) is 24.5 Å². The summed E-state index contributed by atoms with van der Waals surface area (Å²) in [5.74, 6) is -1.95. The van der Waals surface area contributed by atoms with E-state index in [9.17, 15) is 27.9 Å². The van der Waals surface area contributed by atoms with E-state index in [0.29, 0.717) is 0 Å². The molecule has 0 aromatic heterocycles. The van der Waals surface area contributed by atoms with Crippen LogP contribution >= 0.6 is 0 Å². The number of amides is 3. The molecule has 3 unspecified atom stereocenters. The predicted molar refractivity (Wildman–Crippen MR) is 97.5 cm³/mol. The number of sulfonamides is 1. The Kier molecular flexibility index (Phi) is 6.42. The number of carbonyl (C=O) groups excluding carboxylic acids is 3. The van der Waals surface area contributed by atoms with Gasteiger partial charge in [0.25, 0.3) is 5.91 Å². The van der Waals surface area contributed by atoms with Crippen LogP contribution in [0.4, 0.5) is 4.79 Å². The summed E-state index contributed by atoms with van der Waals surface area (Å²) in [6.45, 7) is 4.53. The molecule has 2 rings (SSSR count). The quantitative estimate of drug-likeness (QED) is 0.552. The van der Waals surface area contributed by atoms with Crippen LogP contribution in [0.3, 0.4) is 0 Å². The van der Waals surface area contributed by atoms with Crippen LogP contribution in [0.5, 0.6) is 0 Å². The van der Waals surface area contributed by atoms with Crippen LogP contribution in [0.15, 0.2) is 23.1 Å². The number of aryl methyl sites for hydroxylation is 2. The molecule has 0 saturated carbocycles. The highest BCUT2D eigenvalue weighted by Crippen LogP contribution is 2.28. The van der Waals surface area contributed by atoms with Crippen LogP contribution in [-0.4, -0.2) is 60.5 Å². The smallest absolute Gasteiger partial charge is 0.325 e. The van der Waals surface area contributed by atoms with E-state index in [1.54, 1.807) is 18.3 Å². The van der Waals surface area contributed by atoms with Crippen LogP contribution < -0.4 is 11.1 Å². The highest BCUT2D eigenvalue weighted by Gasteiger charge is 2.45. The van der Waals surface area contributed by atoms with Gasteiger partial charge in [-0.1, -0.05) is 6.07 Å². The summed E-state index contributed by atoms with van der Waals surface area (Å²) in [4.78, 5) is 34.8. The van der Waals surface area contributed by atoms with Crippen molar-refractivity contribution in [2.45, 2.75) is 50.3 Å². The van der Waals surface area contributed by atoms with Crippen LogP contribution in [0.25, 0.3) is 0 Å². The second-order valence-electron chi connectivity index (χ2n) is 6.66. The zero-order chi connectivity index (χ0) is 21.2. The summed E-state index contributed by atoms with van der Waals surface area (Å²) < 4.78 is 31.8. The molecule has 3 amide bonds. The maximum absolute atomic E-state index is 13.0. The molecule has 11 heteroatoms. The Morgan fingerprint density at radius 2 is 1.93 bits per heavy atom. The topological polar surface area (TPSA) is 156 Å². The summed E-state index contributed by atoms with van der Waals surface area (Å²) >= 11 is 0. The summed E-state index contributed by atoms with van der Waals surface area (Å²) in [7, 11) is -4.08. The number of nitrogens with one attached hydrogen (secondary N) is 1. The van der Waals surface area contributed by atoms with Crippen molar-refractivity contribution in [1.29, 1.82) is 0 Å². The molecule has 28 heavy (non-hydrogen) atoms. The first kappa shape index (κ1) is 21.8. The Hall–Kier alpha value is -2.50. The Morgan fingerprint density at radius 1 is 1.29 bits per heavy atom. The van der Waals surface area contributed by atoms with E-state index in [4.69, 9.17) is 10.5 Å². The number of nitrogens with two attached hydrogens (primary N) is 1. The van der Waals surface area contributed by atoms with Gasteiger partial charge >= 0.3 is 12.0 Å². The molecule has 0 bridgehead atoms. The van der Waals surface area contributed by atoms with Crippen molar-refractivity contribution in [3.63, 3.8) is 0 Å². The van der Waals surface area contributed by atoms with E-state index in [2.05, 4.69) is 0 Å². The van der Waals surface area contributed by atoms with Crippen molar-refractivity contribution in [3.05, 3.63) is 29.3 Å². The average molecular weight is 413 g/mol. The van der Waals surface area contributed by atoms with Gasteiger partial charge in [0.1, 0.15) is 6.04 Å². The van der Waals surface area contributed by atoms with Gasteiger partial charge in [0.05, 0.1) is 11.0 Å². The highest BCUT2D eigenvalue weighted by molar-refractivity contribution is 7.89. The average Bonchev–Trinajstić information content (AvgIpc) is 2.99. The minimum absolute atomic E-state index is 0.0120. The summed E-state index contributed by atoms with van der Waals surface area (Å²) in [6, 6.07) is 2.15. The highest BCUT2D eigenvalue weighted by atomic mass is 32.2. The Labute approximate surface area is 162 Å². The summed E-state index contributed by atoms with van der Waals surface area (Å²) in [6.07, 6.45) is -2.61. The molecule has 4 N–H and O–H groups in total. The number of ether oxygens (including phenoxy) is 1. The third kappa shape index (κ3) is 4.66.